The van der Waals surface area contributed by atoms with E-state index in [9.17, 15) is 24.0 Å². The molecule has 35 heavy (non-hydrogen) atoms. The zero-order valence-corrected chi connectivity index (χ0v) is 19.5. The van der Waals surface area contributed by atoms with Crippen LogP contribution in [0.3, 0.4) is 0 Å². The summed E-state index contributed by atoms with van der Waals surface area (Å²) < 4.78 is 11.4. The SMILES string of the molecule is CCCOc1ccc(N2C(=O)C(=O)N(CCN3C(=O)c4ccccc4C3=O)C2=O)cc1OCCC. The number of carbonyl (C=O) groups is 5. The first-order chi connectivity index (χ1) is 16.9. The number of ether oxygens (including phenoxy) is 2. The van der Waals surface area contributed by atoms with Gasteiger partial charge in [0.1, 0.15) is 0 Å². The first-order valence-corrected chi connectivity index (χ1v) is 11.4. The van der Waals surface area contributed by atoms with E-state index < -0.39 is 29.7 Å². The van der Waals surface area contributed by atoms with Crippen molar-refractivity contribution in [2.75, 3.05) is 31.2 Å². The van der Waals surface area contributed by atoms with Crippen LogP contribution in [0.5, 0.6) is 11.5 Å². The third kappa shape index (κ3) is 4.34. The molecule has 2 aromatic carbocycles. The second-order valence-corrected chi connectivity index (χ2v) is 8.02. The van der Waals surface area contributed by atoms with E-state index in [1.54, 1.807) is 30.3 Å². The maximum absolute atomic E-state index is 13.0. The number of urea groups is 1. The van der Waals surface area contributed by atoms with Crippen LogP contribution >= 0.6 is 0 Å². The maximum atomic E-state index is 13.0. The first kappa shape index (κ1) is 23.9. The number of nitrogens with zero attached hydrogens (tertiary/aromatic N) is 3. The molecule has 10 heteroatoms. The van der Waals surface area contributed by atoms with Gasteiger partial charge in [0.15, 0.2) is 11.5 Å². The molecular weight excluding hydrogens is 454 g/mol. The maximum Gasteiger partial charge on any atom is 0.338 e. The normalized spacial score (nSPS) is 15.4. The van der Waals surface area contributed by atoms with E-state index in [0.717, 1.165) is 27.5 Å². The van der Waals surface area contributed by atoms with Gasteiger partial charge in [-0.15, -0.1) is 0 Å². The third-order valence-corrected chi connectivity index (χ3v) is 5.59. The molecule has 0 N–H and O–H groups in total. The van der Waals surface area contributed by atoms with Gasteiger partial charge in [-0.2, -0.15) is 0 Å². The molecule has 2 heterocycles. The Morgan fingerprint density at radius 1 is 0.657 bits per heavy atom. The fourth-order valence-corrected chi connectivity index (χ4v) is 3.86. The summed E-state index contributed by atoms with van der Waals surface area (Å²) in [6.45, 7) is 4.24. The Kier molecular flexibility index (Phi) is 6.81. The molecule has 0 bridgehead atoms. The van der Waals surface area contributed by atoms with Crippen molar-refractivity contribution in [3.63, 3.8) is 0 Å². The molecule has 1 saturated heterocycles. The van der Waals surface area contributed by atoms with Crippen molar-refractivity contribution in [2.45, 2.75) is 26.7 Å². The lowest BCUT2D eigenvalue weighted by atomic mass is 10.1. The zero-order chi connectivity index (χ0) is 25.1. The van der Waals surface area contributed by atoms with Crippen LogP contribution in [0.4, 0.5) is 10.5 Å². The zero-order valence-electron chi connectivity index (χ0n) is 19.5. The lowest BCUT2D eigenvalue weighted by Crippen LogP contribution is -2.41. The highest BCUT2D eigenvalue weighted by molar-refractivity contribution is 6.52. The molecule has 10 nitrogen and oxygen atoms in total. The number of rotatable bonds is 10. The standard InChI is InChI=1S/C25H25N3O7/c1-3-13-34-19-10-9-16(15-20(19)35-14-4-2)28-24(32)23(31)27(25(28)33)12-11-26-21(29)17-7-5-6-8-18(17)22(26)30/h5-10,15H,3-4,11-14H2,1-2H3. The van der Waals surface area contributed by atoms with Gasteiger partial charge in [-0.05, 0) is 37.1 Å². The van der Waals surface area contributed by atoms with E-state index >= 15 is 0 Å². The number of hydrogen-bond acceptors (Lipinski definition) is 7. The van der Waals surface area contributed by atoms with Crippen LogP contribution in [-0.4, -0.2) is 65.8 Å². The minimum atomic E-state index is -1.03. The van der Waals surface area contributed by atoms with Gasteiger partial charge in [-0.25, -0.2) is 9.69 Å². The van der Waals surface area contributed by atoms with Crippen LogP contribution in [0.1, 0.15) is 47.4 Å². The molecule has 0 aromatic heterocycles. The van der Waals surface area contributed by atoms with Crippen molar-refractivity contribution >= 4 is 35.3 Å². The Labute approximate surface area is 202 Å². The van der Waals surface area contributed by atoms with Gasteiger partial charge in [0.2, 0.25) is 0 Å². The number of benzene rings is 2. The molecule has 182 valence electrons. The molecule has 0 spiro atoms. The number of amides is 6. The Hall–Kier alpha value is -4.21. The number of carbonyl (C=O) groups excluding carboxylic acids is 5. The van der Waals surface area contributed by atoms with E-state index in [-0.39, 0.29) is 29.9 Å². The van der Waals surface area contributed by atoms with Crippen LogP contribution in [0.25, 0.3) is 0 Å². The minimum absolute atomic E-state index is 0.159. The number of hydrogen-bond donors (Lipinski definition) is 0. The molecule has 1 fully saturated rings. The molecule has 0 radical (unpaired) electrons. The van der Waals surface area contributed by atoms with E-state index in [1.165, 1.54) is 12.1 Å². The van der Waals surface area contributed by atoms with Gasteiger partial charge in [-0.3, -0.25) is 29.0 Å². The van der Waals surface area contributed by atoms with E-state index in [0.29, 0.717) is 24.7 Å². The molecule has 0 unspecified atom stereocenters. The molecule has 0 saturated carbocycles. The van der Waals surface area contributed by atoms with Gasteiger partial charge >= 0.3 is 17.8 Å². The van der Waals surface area contributed by atoms with E-state index in [1.807, 2.05) is 13.8 Å². The highest BCUT2D eigenvalue weighted by Gasteiger charge is 2.46. The van der Waals surface area contributed by atoms with Crippen molar-refractivity contribution < 1.29 is 33.4 Å². The van der Waals surface area contributed by atoms with Crippen molar-refractivity contribution in [1.29, 1.82) is 0 Å². The molecule has 0 aliphatic carbocycles. The first-order valence-electron chi connectivity index (χ1n) is 11.4. The molecule has 6 amide bonds. The Balaban J connectivity index is 1.52. The highest BCUT2D eigenvalue weighted by Crippen LogP contribution is 2.34. The molecule has 2 aromatic rings. The summed E-state index contributed by atoms with van der Waals surface area (Å²) in [7, 11) is 0. The largest absolute Gasteiger partial charge is 0.490 e. The monoisotopic (exact) mass is 479 g/mol. The van der Waals surface area contributed by atoms with Crippen molar-refractivity contribution in [3.8, 4) is 11.5 Å². The summed E-state index contributed by atoms with van der Waals surface area (Å²) >= 11 is 0. The fraction of sp³-hybridized carbons (Fsp3) is 0.320. The number of imide groups is 3. The number of fused-ring (bicyclic) bond motifs is 1. The smallest absolute Gasteiger partial charge is 0.338 e. The van der Waals surface area contributed by atoms with Crippen molar-refractivity contribution in [3.05, 3.63) is 53.6 Å². The molecule has 2 aliphatic heterocycles. The minimum Gasteiger partial charge on any atom is -0.490 e. The predicted octanol–water partition coefficient (Wildman–Crippen LogP) is 2.86. The van der Waals surface area contributed by atoms with Crippen LogP contribution < -0.4 is 14.4 Å². The summed E-state index contributed by atoms with van der Waals surface area (Å²) in [5.41, 5.74) is 0.685. The third-order valence-electron chi connectivity index (χ3n) is 5.59. The van der Waals surface area contributed by atoms with Crippen molar-refractivity contribution in [2.24, 2.45) is 0 Å². The lowest BCUT2D eigenvalue weighted by Gasteiger charge is -2.20. The highest BCUT2D eigenvalue weighted by atomic mass is 16.5. The van der Waals surface area contributed by atoms with Crippen LogP contribution in [0.15, 0.2) is 42.5 Å². The lowest BCUT2D eigenvalue weighted by molar-refractivity contribution is -0.139. The van der Waals surface area contributed by atoms with Crippen LogP contribution in [0.2, 0.25) is 0 Å². The van der Waals surface area contributed by atoms with Gasteiger partial charge in [0.05, 0.1) is 30.0 Å². The fourth-order valence-electron chi connectivity index (χ4n) is 3.86. The van der Waals surface area contributed by atoms with Gasteiger partial charge < -0.3 is 9.47 Å². The summed E-state index contributed by atoms with van der Waals surface area (Å²) in [6.07, 6.45) is 1.53. The van der Waals surface area contributed by atoms with Crippen LogP contribution in [-0.2, 0) is 9.59 Å². The average molecular weight is 479 g/mol. The molecule has 4 rings (SSSR count). The van der Waals surface area contributed by atoms with Gasteiger partial charge in [0.25, 0.3) is 11.8 Å². The Morgan fingerprint density at radius 3 is 1.83 bits per heavy atom. The van der Waals surface area contributed by atoms with Gasteiger partial charge in [-0.1, -0.05) is 26.0 Å². The quantitative estimate of drug-likeness (QED) is 0.292. The van der Waals surface area contributed by atoms with Gasteiger partial charge in [0, 0.05) is 19.2 Å². The molecule has 0 atom stereocenters. The van der Waals surface area contributed by atoms with E-state index in [4.69, 9.17) is 9.47 Å². The second-order valence-electron chi connectivity index (χ2n) is 8.02. The second kappa shape index (κ2) is 9.96. The molecular formula is C25H25N3O7. The Bertz CT molecular complexity index is 1170. The van der Waals surface area contributed by atoms with E-state index in [2.05, 4.69) is 0 Å². The predicted molar refractivity (Wildman–Crippen MR) is 124 cm³/mol. The summed E-state index contributed by atoms with van der Waals surface area (Å²) in [6, 6.07) is 10.1. The summed E-state index contributed by atoms with van der Waals surface area (Å²) in [5, 5.41) is 0. The van der Waals surface area contributed by atoms with Crippen LogP contribution in [0, 0.1) is 0 Å². The summed E-state index contributed by atoms with van der Waals surface area (Å²) in [4.78, 5) is 66.0. The molecule has 2 aliphatic rings. The number of anilines is 1. The van der Waals surface area contributed by atoms with Crippen molar-refractivity contribution in [1.82, 2.24) is 9.80 Å². The summed E-state index contributed by atoms with van der Waals surface area (Å²) in [5.74, 6) is -2.25. The average Bonchev–Trinajstić information content (AvgIpc) is 3.23. The topological polar surface area (TPSA) is 114 Å². The Morgan fingerprint density at radius 2 is 1.23 bits per heavy atom.